The minimum atomic E-state index is 0.172. The second-order valence-corrected chi connectivity index (χ2v) is 6.53. The summed E-state index contributed by atoms with van der Waals surface area (Å²) in [4.78, 5) is 4.79. The highest BCUT2D eigenvalue weighted by Crippen LogP contribution is 2.46. The van der Waals surface area contributed by atoms with Crippen molar-refractivity contribution in [3.63, 3.8) is 0 Å². The number of aromatic nitrogens is 2. The molecule has 1 aliphatic heterocycles. The summed E-state index contributed by atoms with van der Waals surface area (Å²) in [5.41, 5.74) is 5.41. The maximum atomic E-state index is 6.23. The third kappa shape index (κ3) is 2.25. The number of imidazole rings is 1. The molecule has 2 heterocycles. The molecular formula is C23H18N2O. The number of benzene rings is 3. The van der Waals surface area contributed by atoms with Crippen molar-refractivity contribution in [3.8, 4) is 34.0 Å². The molecule has 0 fully saturated rings. The zero-order chi connectivity index (χ0) is 17.5. The molecule has 0 amide bonds. The fourth-order valence-corrected chi connectivity index (χ4v) is 3.63. The Hall–Kier alpha value is -3.33. The Morgan fingerprint density at radius 1 is 0.769 bits per heavy atom. The minimum absolute atomic E-state index is 0.172. The molecule has 3 nitrogen and oxygen atoms in total. The van der Waals surface area contributed by atoms with Crippen LogP contribution in [0.25, 0.3) is 22.5 Å². The zero-order valence-electron chi connectivity index (χ0n) is 14.5. The monoisotopic (exact) mass is 338 g/mol. The lowest BCUT2D eigenvalue weighted by Gasteiger charge is -2.18. The van der Waals surface area contributed by atoms with E-state index in [1.54, 1.807) is 0 Å². The van der Waals surface area contributed by atoms with E-state index in [9.17, 15) is 0 Å². The normalized spacial score (nSPS) is 13.0. The van der Waals surface area contributed by atoms with Gasteiger partial charge in [0.25, 0.3) is 0 Å². The molecule has 5 rings (SSSR count). The van der Waals surface area contributed by atoms with Gasteiger partial charge in [-0.25, -0.2) is 4.98 Å². The number of fused-ring (bicyclic) bond motifs is 5. The van der Waals surface area contributed by atoms with Crippen LogP contribution >= 0.6 is 0 Å². The van der Waals surface area contributed by atoms with Gasteiger partial charge in [0.2, 0.25) is 0 Å². The first-order valence-corrected chi connectivity index (χ1v) is 8.81. The molecule has 1 unspecified atom stereocenters. The summed E-state index contributed by atoms with van der Waals surface area (Å²) in [5.74, 6) is 1.71. The molecule has 0 aliphatic carbocycles. The van der Waals surface area contributed by atoms with Crippen LogP contribution in [-0.2, 0) is 0 Å². The lowest BCUT2D eigenvalue weighted by molar-refractivity contribution is 0.487. The van der Waals surface area contributed by atoms with Gasteiger partial charge in [-0.15, -0.1) is 0 Å². The Kier molecular flexibility index (Phi) is 3.39. The molecule has 0 N–H and O–H groups in total. The number of ether oxygens (including phenoxy) is 1. The summed E-state index contributed by atoms with van der Waals surface area (Å²) in [6.45, 7) is 2.21. The second-order valence-electron chi connectivity index (χ2n) is 6.53. The van der Waals surface area contributed by atoms with E-state index in [0.717, 1.165) is 34.0 Å². The molecule has 1 aliphatic rings. The lowest BCUT2D eigenvalue weighted by atomic mass is 10.0. The second kappa shape index (κ2) is 5.88. The van der Waals surface area contributed by atoms with Crippen LogP contribution in [0, 0.1) is 0 Å². The molecule has 26 heavy (non-hydrogen) atoms. The van der Waals surface area contributed by atoms with Gasteiger partial charge in [-0.05, 0) is 36.8 Å². The quantitative estimate of drug-likeness (QED) is 0.399. The van der Waals surface area contributed by atoms with Gasteiger partial charge >= 0.3 is 0 Å². The van der Waals surface area contributed by atoms with Gasteiger partial charge in [-0.3, -0.25) is 0 Å². The zero-order valence-corrected chi connectivity index (χ0v) is 14.5. The van der Waals surface area contributed by atoms with Crippen molar-refractivity contribution in [3.05, 3.63) is 90.8 Å². The van der Waals surface area contributed by atoms with Crippen LogP contribution < -0.4 is 4.74 Å². The molecule has 126 valence electrons. The van der Waals surface area contributed by atoms with Crippen LogP contribution in [0.5, 0.6) is 11.5 Å². The molecule has 1 atom stereocenters. The van der Waals surface area contributed by atoms with E-state index in [4.69, 9.17) is 9.72 Å². The first kappa shape index (κ1) is 15.0. The summed E-state index contributed by atoms with van der Waals surface area (Å²) >= 11 is 0. The summed E-state index contributed by atoms with van der Waals surface area (Å²) < 4.78 is 8.48. The standard InChI is InChI=1S/C23H18N2O/c1-16(17-9-3-2-4-10-17)25-15-24-22-18-11-5-7-13-20(18)26-21-14-8-6-12-19(21)23(22)25/h2-16H,1H3. The number of para-hydroxylation sites is 2. The molecule has 3 aromatic carbocycles. The van der Waals surface area contributed by atoms with Crippen LogP contribution in [0.2, 0.25) is 0 Å². The molecule has 0 saturated carbocycles. The first-order valence-electron chi connectivity index (χ1n) is 8.81. The number of hydrogen-bond donors (Lipinski definition) is 0. The lowest BCUT2D eigenvalue weighted by Crippen LogP contribution is -2.07. The van der Waals surface area contributed by atoms with Crippen molar-refractivity contribution in [1.82, 2.24) is 9.55 Å². The average molecular weight is 338 g/mol. The van der Waals surface area contributed by atoms with Crippen molar-refractivity contribution >= 4 is 0 Å². The fraction of sp³-hybridized carbons (Fsp3) is 0.0870. The highest BCUT2D eigenvalue weighted by atomic mass is 16.5. The molecule has 3 heteroatoms. The molecule has 1 aromatic heterocycles. The van der Waals surface area contributed by atoms with Crippen LogP contribution in [0.15, 0.2) is 85.2 Å². The third-order valence-electron chi connectivity index (χ3n) is 5.00. The van der Waals surface area contributed by atoms with Crippen molar-refractivity contribution in [2.45, 2.75) is 13.0 Å². The molecule has 0 radical (unpaired) electrons. The molecule has 0 saturated heterocycles. The number of hydrogen-bond acceptors (Lipinski definition) is 2. The number of rotatable bonds is 2. The summed E-state index contributed by atoms with van der Waals surface area (Å²) in [5, 5.41) is 0. The van der Waals surface area contributed by atoms with Gasteiger partial charge in [-0.2, -0.15) is 0 Å². The highest BCUT2D eigenvalue weighted by molar-refractivity contribution is 5.86. The van der Waals surface area contributed by atoms with E-state index < -0.39 is 0 Å². The Morgan fingerprint density at radius 3 is 2.15 bits per heavy atom. The third-order valence-corrected chi connectivity index (χ3v) is 5.00. The smallest absolute Gasteiger partial charge is 0.136 e. The topological polar surface area (TPSA) is 27.1 Å². The predicted molar refractivity (Wildman–Crippen MR) is 103 cm³/mol. The van der Waals surface area contributed by atoms with Gasteiger partial charge in [0.05, 0.1) is 18.1 Å². The van der Waals surface area contributed by atoms with Gasteiger partial charge in [0, 0.05) is 11.1 Å². The van der Waals surface area contributed by atoms with Gasteiger partial charge in [-0.1, -0.05) is 54.6 Å². The summed E-state index contributed by atoms with van der Waals surface area (Å²) in [7, 11) is 0. The largest absolute Gasteiger partial charge is 0.456 e. The molecule has 0 bridgehead atoms. The van der Waals surface area contributed by atoms with Crippen molar-refractivity contribution in [1.29, 1.82) is 0 Å². The fourth-order valence-electron chi connectivity index (χ4n) is 3.63. The summed E-state index contributed by atoms with van der Waals surface area (Å²) in [6, 6.07) is 27.0. The first-order chi connectivity index (χ1) is 12.8. The van der Waals surface area contributed by atoms with Gasteiger partial charge < -0.3 is 9.30 Å². The van der Waals surface area contributed by atoms with Crippen LogP contribution in [0.4, 0.5) is 0 Å². The maximum absolute atomic E-state index is 6.23. The van der Waals surface area contributed by atoms with Crippen LogP contribution in [0.1, 0.15) is 18.5 Å². The predicted octanol–water partition coefficient (Wildman–Crippen LogP) is 5.93. The Bertz CT molecular complexity index is 1080. The maximum Gasteiger partial charge on any atom is 0.136 e. The Labute approximate surface area is 152 Å². The summed E-state index contributed by atoms with van der Waals surface area (Å²) in [6.07, 6.45) is 1.95. The highest BCUT2D eigenvalue weighted by Gasteiger charge is 2.26. The Morgan fingerprint density at radius 2 is 1.38 bits per heavy atom. The van der Waals surface area contributed by atoms with Gasteiger partial charge in [0.15, 0.2) is 0 Å². The SMILES string of the molecule is CC(c1ccccc1)n1cnc2c1-c1ccccc1Oc1ccccc1-2. The van der Waals surface area contributed by atoms with Gasteiger partial charge in [0.1, 0.15) is 17.2 Å². The minimum Gasteiger partial charge on any atom is -0.456 e. The van der Waals surface area contributed by atoms with E-state index >= 15 is 0 Å². The van der Waals surface area contributed by atoms with Crippen LogP contribution in [-0.4, -0.2) is 9.55 Å². The van der Waals surface area contributed by atoms with E-state index in [0.29, 0.717) is 0 Å². The molecular weight excluding hydrogens is 320 g/mol. The molecule has 4 aromatic rings. The van der Waals surface area contributed by atoms with Crippen LogP contribution in [0.3, 0.4) is 0 Å². The van der Waals surface area contributed by atoms with E-state index in [1.807, 2.05) is 48.8 Å². The number of nitrogens with zero attached hydrogens (tertiary/aromatic N) is 2. The average Bonchev–Trinajstić information content (AvgIpc) is 3.08. The Balaban J connectivity index is 1.78. The van der Waals surface area contributed by atoms with E-state index in [2.05, 4.69) is 47.9 Å². The van der Waals surface area contributed by atoms with Crippen molar-refractivity contribution in [2.75, 3.05) is 0 Å². The van der Waals surface area contributed by atoms with E-state index in [-0.39, 0.29) is 6.04 Å². The van der Waals surface area contributed by atoms with Crippen molar-refractivity contribution in [2.24, 2.45) is 0 Å². The van der Waals surface area contributed by atoms with E-state index in [1.165, 1.54) is 5.56 Å². The molecule has 0 spiro atoms. The van der Waals surface area contributed by atoms with Crippen molar-refractivity contribution < 1.29 is 4.74 Å².